The van der Waals surface area contributed by atoms with Crippen LogP contribution in [0.1, 0.15) is 44.3 Å². The maximum atomic E-state index is 10.6. The predicted octanol–water partition coefficient (Wildman–Crippen LogP) is 4.75. The Balaban J connectivity index is 2.35. The van der Waals surface area contributed by atoms with Crippen molar-refractivity contribution in [3.8, 4) is 6.07 Å². The van der Waals surface area contributed by atoms with Crippen LogP contribution in [0.4, 0.5) is 0 Å². The second-order valence-corrected chi connectivity index (χ2v) is 6.45. The monoisotopic (exact) mass is 297 g/mol. The van der Waals surface area contributed by atoms with E-state index in [-0.39, 0.29) is 0 Å². The summed E-state index contributed by atoms with van der Waals surface area (Å²) < 4.78 is 0. The third-order valence-corrected chi connectivity index (χ3v) is 4.42. The molecule has 0 aromatic heterocycles. The number of rotatable bonds is 2. The number of nitriles is 1. The van der Waals surface area contributed by atoms with Crippen molar-refractivity contribution in [2.75, 3.05) is 0 Å². The van der Waals surface area contributed by atoms with E-state index in [1.54, 1.807) is 18.2 Å². The largest absolute Gasteiger partial charge is 0.387 e. The second kappa shape index (κ2) is 5.71. The first-order valence-electron chi connectivity index (χ1n) is 6.52. The molecule has 1 aliphatic carbocycles. The molecule has 1 saturated carbocycles. The first-order valence-corrected chi connectivity index (χ1v) is 7.28. The molecule has 0 aliphatic heterocycles. The maximum absolute atomic E-state index is 10.6. The van der Waals surface area contributed by atoms with E-state index in [9.17, 15) is 10.4 Å². The minimum Gasteiger partial charge on any atom is -0.387 e. The number of halogens is 2. The molecule has 3 atom stereocenters. The van der Waals surface area contributed by atoms with E-state index in [2.05, 4.69) is 13.0 Å². The van der Waals surface area contributed by atoms with Crippen LogP contribution >= 0.6 is 23.2 Å². The molecule has 0 radical (unpaired) electrons. The highest BCUT2D eigenvalue weighted by Crippen LogP contribution is 2.48. The minimum atomic E-state index is -0.837. The summed E-state index contributed by atoms with van der Waals surface area (Å²) in [7, 11) is 0. The van der Waals surface area contributed by atoms with Gasteiger partial charge in [0.1, 0.15) is 0 Å². The van der Waals surface area contributed by atoms with E-state index in [1.165, 1.54) is 0 Å². The molecule has 0 saturated heterocycles. The second-order valence-electron chi connectivity index (χ2n) is 5.57. The number of aliphatic hydroxyl groups excluding tert-OH is 1. The van der Waals surface area contributed by atoms with Gasteiger partial charge >= 0.3 is 0 Å². The van der Waals surface area contributed by atoms with E-state index in [4.69, 9.17) is 23.2 Å². The zero-order valence-electron chi connectivity index (χ0n) is 10.9. The SMILES string of the molecule is CC1CCCC(C#N)(C(O)c2cc(Cl)cc(Cl)c2)C1. The van der Waals surface area contributed by atoms with Crippen molar-refractivity contribution in [2.45, 2.75) is 38.7 Å². The Hall–Kier alpha value is -0.750. The molecule has 4 heteroatoms. The lowest BCUT2D eigenvalue weighted by Crippen LogP contribution is -2.32. The molecule has 0 amide bonds. The van der Waals surface area contributed by atoms with E-state index in [1.807, 2.05) is 0 Å². The molecule has 1 aliphatic rings. The summed E-state index contributed by atoms with van der Waals surface area (Å²) in [4.78, 5) is 0. The van der Waals surface area contributed by atoms with E-state index < -0.39 is 11.5 Å². The molecule has 3 unspecified atom stereocenters. The van der Waals surface area contributed by atoms with Gasteiger partial charge in [-0.15, -0.1) is 0 Å². The summed E-state index contributed by atoms with van der Waals surface area (Å²) in [6.45, 7) is 2.13. The molecule has 1 aromatic carbocycles. The summed E-state index contributed by atoms with van der Waals surface area (Å²) in [5.41, 5.74) is -0.0840. The van der Waals surface area contributed by atoms with Crippen LogP contribution in [0.2, 0.25) is 10.0 Å². The highest BCUT2D eigenvalue weighted by molar-refractivity contribution is 6.34. The average Bonchev–Trinajstić information content (AvgIpc) is 2.36. The Morgan fingerprint density at radius 2 is 2.00 bits per heavy atom. The average molecular weight is 298 g/mol. The quantitative estimate of drug-likeness (QED) is 0.856. The fraction of sp³-hybridized carbons (Fsp3) is 0.533. The van der Waals surface area contributed by atoms with Gasteiger partial charge < -0.3 is 5.11 Å². The summed E-state index contributed by atoms with van der Waals surface area (Å²) in [6.07, 6.45) is 2.69. The van der Waals surface area contributed by atoms with Crippen LogP contribution in [-0.2, 0) is 0 Å². The number of nitrogens with zero attached hydrogens (tertiary/aromatic N) is 1. The van der Waals surface area contributed by atoms with Crippen molar-refractivity contribution < 1.29 is 5.11 Å². The van der Waals surface area contributed by atoms with Crippen LogP contribution in [0.15, 0.2) is 18.2 Å². The molecule has 2 rings (SSSR count). The molecule has 0 heterocycles. The standard InChI is InChI=1S/C15H17Cl2NO/c1-10-3-2-4-15(8-10,9-18)14(19)11-5-12(16)7-13(17)6-11/h5-7,10,14,19H,2-4,8H2,1H3. The Morgan fingerprint density at radius 3 is 2.53 bits per heavy atom. The summed E-state index contributed by atoms with van der Waals surface area (Å²) in [5.74, 6) is 0.456. The fourth-order valence-corrected chi connectivity index (χ4v) is 3.60. The number of aliphatic hydroxyl groups is 1. The normalized spacial score (nSPS) is 28.7. The summed E-state index contributed by atoms with van der Waals surface area (Å²) >= 11 is 11.9. The van der Waals surface area contributed by atoms with Gasteiger partial charge in [0.25, 0.3) is 0 Å². The van der Waals surface area contributed by atoms with E-state index >= 15 is 0 Å². The number of benzene rings is 1. The molecule has 0 spiro atoms. The molecule has 19 heavy (non-hydrogen) atoms. The highest BCUT2D eigenvalue weighted by Gasteiger charge is 2.42. The summed E-state index contributed by atoms with van der Waals surface area (Å²) in [5, 5.41) is 21.1. The first-order chi connectivity index (χ1) is 8.97. The lowest BCUT2D eigenvalue weighted by Gasteiger charge is -2.38. The van der Waals surface area contributed by atoms with Gasteiger partial charge in [0.05, 0.1) is 17.6 Å². The molecule has 1 aromatic rings. The predicted molar refractivity (Wildman–Crippen MR) is 77.1 cm³/mol. The highest BCUT2D eigenvalue weighted by atomic mass is 35.5. The summed E-state index contributed by atoms with van der Waals surface area (Å²) in [6, 6.07) is 7.36. The van der Waals surface area contributed by atoms with Gasteiger partial charge in [0.15, 0.2) is 0 Å². The Bertz CT molecular complexity index is 491. The number of hydrogen-bond donors (Lipinski definition) is 1. The third kappa shape index (κ3) is 3.05. The first kappa shape index (κ1) is 14.7. The zero-order chi connectivity index (χ0) is 14.0. The van der Waals surface area contributed by atoms with Gasteiger partial charge in [-0.05, 0) is 42.5 Å². The van der Waals surface area contributed by atoms with Crippen molar-refractivity contribution >= 4 is 23.2 Å². The molecule has 102 valence electrons. The molecular formula is C15H17Cl2NO. The third-order valence-electron chi connectivity index (χ3n) is 3.98. The van der Waals surface area contributed by atoms with Crippen LogP contribution in [-0.4, -0.2) is 5.11 Å². The van der Waals surface area contributed by atoms with Crippen molar-refractivity contribution in [1.82, 2.24) is 0 Å². The van der Waals surface area contributed by atoms with Crippen LogP contribution in [0.5, 0.6) is 0 Å². The molecular weight excluding hydrogens is 281 g/mol. The van der Waals surface area contributed by atoms with Gasteiger partial charge in [0, 0.05) is 10.0 Å². The van der Waals surface area contributed by atoms with Crippen LogP contribution in [0, 0.1) is 22.7 Å². The van der Waals surface area contributed by atoms with Crippen LogP contribution in [0.25, 0.3) is 0 Å². The number of hydrogen-bond acceptors (Lipinski definition) is 2. The molecule has 0 bridgehead atoms. The molecule has 1 fully saturated rings. The van der Waals surface area contributed by atoms with Crippen molar-refractivity contribution in [1.29, 1.82) is 5.26 Å². The smallest absolute Gasteiger partial charge is 0.0977 e. The Kier molecular flexibility index (Phi) is 4.40. The van der Waals surface area contributed by atoms with E-state index in [0.717, 1.165) is 25.7 Å². The van der Waals surface area contributed by atoms with Crippen LogP contribution < -0.4 is 0 Å². The van der Waals surface area contributed by atoms with Gasteiger partial charge in [-0.3, -0.25) is 0 Å². The topological polar surface area (TPSA) is 44.0 Å². The zero-order valence-corrected chi connectivity index (χ0v) is 12.4. The lowest BCUT2D eigenvalue weighted by atomic mass is 9.66. The Morgan fingerprint density at radius 1 is 1.37 bits per heavy atom. The maximum Gasteiger partial charge on any atom is 0.0977 e. The molecule has 2 nitrogen and oxygen atoms in total. The Labute approximate surface area is 124 Å². The molecule has 1 N–H and O–H groups in total. The van der Waals surface area contributed by atoms with Gasteiger partial charge in [-0.2, -0.15) is 5.26 Å². The van der Waals surface area contributed by atoms with Crippen molar-refractivity contribution in [2.24, 2.45) is 11.3 Å². The van der Waals surface area contributed by atoms with Crippen molar-refractivity contribution in [3.05, 3.63) is 33.8 Å². The van der Waals surface area contributed by atoms with Crippen molar-refractivity contribution in [3.63, 3.8) is 0 Å². The van der Waals surface area contributed by atoms with Gasteiger partial charge in [-0.1, -0.05) is 43.0 Å². The lowest BCUT2D eigenvalue weighted by molar-refractivity contribution is 0.0219. The van der Waals surface area contributed by atoms with Crippen LogP contribution in [0.3, 0.4) is 0 Å². The fourth-order valence-electron chi connectivity index (χ4n) is 3.06. The van der Waals surface area contributed by atoms with E-state index in [0.29, 0.717) is 21.5 Å². The van der Waals surface area contributed by atoms with Gasteiger partial charge in [0.2, 0.25) is 0 Å². The van der Waals surface area contributed by atoms with Gasteiger partial charge in [-0.25, -0.2) is 0 Å². The minimum absolute atomic E-state index is 0.456.